The average Bonchev–Trinajstić information content (AvgIpc) is 2.35. The number of carbonyl (C=O) groups excluding carboxylic acids is 1. The van der Waals surface area contributed by atoms with E-state index in [0.717, 1.165) is 6.42 Å². The van der Waals surface area contributed by atoms with Crippen LogP contribution in [0.2, 0.25) is 5.02 Å². The lowest BCUT2D eigenvalue weighted by atomic mass is 10.1. The zero-order valence-corrected chi connectivity index (χ0v) is 13.0. The lowest BCUT2D eigenvalue weighted by Gasteiger charge is -2.22. The van der Waals surface area contributed by atoms with Gasteiger partial charge < -0.3 is 5.32 Å². The Bertz CT molecular complexity index is 606. The number of hydrogen-bond acceptors (Lipinski definition) is 3. The van der Waals surface area contributed by atoms with Crippen LogP contribution in [0.4, 0.5) is 0 Å². The highest BCUT2D eigenvalue weighted by atomic mass is 79.9. The van der Waals surface area contributed by atoms with E-state index in [0.29, 0.717) is 22.5 Å². The van der Waals surface area contributed by atoms with Crippen molar-refractivity contribution in [3.63, 3.8) is 0 Å². The van der Waals surface area contributed by atoms with Gasteiger partial charge in [0.05, 0.1) is 9.92 Å². The summed E-state index contributed by atoms with van der Waals surface area (Å²) in [6.07, 6.45) is 1.25. The van der Waals surface area contributed by atoms with Gasteiger partial charge in [0.2, 0.25) is 15.9 Å². The maximum absolute atomic E-state index is 12.2. The fourth-order valence-corrected chi connectivity index (χ4v) is 3.69. The molecule has 1 saturated heterocycles. The van der Waals surface area contributed by atoms with Crippen LogP contribution in [0.25, 0.3) is 0 Å². The Morgan fingerprint density at radius 2 is 2.16 bits per heavy atom. The SMILES string of the molecule is O=C1NCCCC1NS(=O)(=O)c1ccc(Cl)c(Br)c1. The van der Waals surface area contributed by atoms with Crippen molar-refractivity contribution in [2.75, 3.05) is 6.54 Å². The molecule has 104 valence electrons. The predicted molar refractivity (Wildman–Crippen MR) is 75.5 cm³/mol. The number of amides is 1. The van der Waals surface area contributed by atoms with Crippen LogP contribution >= 0.6 is 27.5 Å². The molecule has 1 aromatic carbocycles. The maximum atomic E-state index is 12.2. The molecule has 1 amide bonds. The van der Waals surface area contributed by atoms with Gasteiger partial charge in [0, 0.05) is 11.0 Å². The van der Waals surface area contributed by atoms with Gasteiger partial charge in [0.15, 0.2) is 0 Å². The van der Waals surface area contributed by atoms with Gasteiger partial charge in [-0.1, -0.05) is 11.6 Å². The molecular formula is C11H12BrClN2O3S. The molecule has 5 nitrogen and oxygen atoms in total. The van der Waals surface area contributed by atoms with E-state index < -0.39 is 16.1 Å². The van der Waals surface area contributed by atoms with E-state index in [2.05, 4.69) is 26.0 Å². The van der Waals surface area contributed by atoms with E-state index in [-0.39, 0.29) is 10.8 Å². The van der Waals surface area contributed by atoms with Crippen molar-refractivity contribution in [3.8, 4) is 0 Å². The molecule has 1 atom stereocenters. The first-order valence-corrected chi connectivity index (χ1v) is 8.30. The minimum absolute atomic E-state index is 0.0714. The molecule has 1 heterocycles. The molecule has 0 saturated carbocycles. The van der Waals surface area contributed by atoms with Gasteiger partial charge in [-0.25, -0.2) is 8.42 Å². The third-order valence-corrected chi connectivity index (χ3v) is 5.47. The highest BCUT2D eigenvalue weighted by molar-refractivity contribution is 9.10. The molecule has 1 aromatic rings. The van der Waals surface area contributed by atoms with Crippen molar-refractivity contribution < 1.29 is 13.2 Å². The van der Waals surface area contributed by atoms with Crippen LogP contribution in [0.5, 0.6) is 0 Å². The smallest absolute Gasteiger partial charge is 0.241 e. The fraction of sp³-hybridized carbons (Fsp3) is 0.364. The minimum Gasteiger partial charge on any atom is -0.355 e. The topological polar surface area (TPSA) is 75.3 Å². The summed E-state index contributed by atoms with van der Waals surface area (Å²) in [5.74, 6) is -0.289. The molecule has 1 aliphatic rings. The van der Waals surface area contributed by atoms with Crippen LogP contribution in [0.3, 0.4) is 0 Å². The number of carbonyl (C=O) groups is 1. The summed E-state index contributed by atoms with van der Waals surface area (Å²) in [6.45, 7) is 0.587. The van der Waals surface area contributed by atoms with Gasteiger partial charge in [0.25, 0.3) is 0 Å². The number of hydrogen-bond donors (Lipinski definition) is 2. The van der Waals surface area contributed by atoms with Crippen LogP contribution in [-0.4, -0.2) is 26.9 Å². The summed E-state index contributed by atoms with van der Waals surface area (Å²) in [4.78, 5) is 11.6. The summed E-state index contributed by atoms with van der Waals surface area (Å²) in [6, 6.07) is 3.58. The van der Waals surface area contributed by atoms with Crippen LogP contribution in [0.15, 0.2) is 27.6 Å². The number of piperidine rings is 1. The van der Waals surface area contributed by atoms with Crippen LogP contribution < -0.4 is 10.0 Å². The molecule has 0 aliphatic carbocycles. The van der Waals surface area contributed by atoms with E-state index in [4.69, 9.17) is 11.6 Å². The van der Waals surface area contributed by atoms with E-state index >= 15 is 0 Å². The number of nitrogens with one attached hydrogen (secondary N) is 2. The Kier molecular flexibility index (Phi) is 4.50. The molecular weight excluding hydrogens is 356 g/mol. The zero-order valence-electron chi connectivity index (χ0n) is 9.82. The Balaban J connectivity index is 2.22. The second kappa shape index (κ2) is 5.78. The molecule has 1 fully saturated rings. The summed E-state index contributed by atoms with van der Waals surface area (Å²) < 4.78 is 27.2. The summed E-state index contributed by atoms with van der Waals surface area (Å²) in [7, 11) is -3.73. The highest BCUT2D eigenvalue weighted by Crippen LogP contribution is 2.25. The lowest BCUT2D eigenvalue weighted by molar-refractivity contribution is -0.124. The molecule has 0 aromatic heterocycles. The van der Waals surface area contributed by atoms with Crippen molar-refractivity contribution in [1.82, 2.24) is 10.0 Å². The van der Waals surface area contributed by atoms with Gasteiger partial charge in [-0.15, -0.1) is 0 Å². The number of halogens is 2. The summed E-state index contributed by atoms with van der Waals surface area (Å²) >= 11 is 8.99. The lowest BCUT2D eigenvalue weighted by Crippen LogP contribution is -2.50. The monoisotopic (exact) mass is 366 g/mol. The van der Waals surface area contributed by atoms with Crippen LogP contribution in [0, 0.1) is 0 Å². The molecule has 1 aliphatic heterocycles. The van der Waals surface area contributed by atoms with E-state index in [1.807, 2.05) is 0 Å². The number of rotatable bonds is 3. The quantitative estimate of drug-likeness (QED) is 0.853. The Labute approximate surface area is 124 Å². The van der Waals surface area contributed by atoms with E-state index in [9.17, 15) is 13.2 Å². The normalized spacial score (nSPS) is 20.1. The largest absolute Gasteiger partial charge is 0.355 e. The summed E-state index contributed by atoms with van der Waals surface area (Å²) in [5, 5.41) is 3.06. The Hall–Kier alpha value is -0.630. The maximum Gasteiger partial charge on any atom is 0.241 e. The highest BCUT2D eigenvalue weighted by Gasteiger charge is 2.27. The molecule has 0 bridgehead atoms. The first kappa shape index (κ1) is 14.8. The van der Waals surface area contributed by atoms with Gasteiger partial charge in [0.1, 0.15) is 6.04 Å². The van der Waals surface area contributed by atoms with E-state index in [1.165, 1.54) is 18.2 Å². The molecule has 1 unspecified atom stereocenters. The third-order valence-electron chi connectivity index (χ3n) is 2.78. The van der Waals surface area contributed by atoms with Gasteiger partial charge in [-0.2, -0.15) is 4.72 Å². The number of sulfonamides is 1. The molecule has 0 spiro atoms. The fourth-order valence-electron chi connectivity index (χ4n) is 1.78. The van der Waals surface area contributed by atoms with Crippen LogP contribution in [-0.2, 0) is 14.8 Å². The van der Waals surface area contributed by atoms with E-state index in [1.54, 1.807) is 0 Å². The van der Waals surface area contributed by atoms with Crippen molar-refractivity contribution >= 4 is 43.5 Å². The second-order valence-corrected chi connectivity index (χ2v) is 7.16. The second-order valence-electron chi connectivity index (χ2n) is 4.18. The summed E-state index contributed by atoms with van der Waals surface area (Å²) in [5.41, 5.74) is 0. The first-order chi connectivity index (χ1) is 8.90. The molecule has 0 radical (unpaired) electrons. The van der Waals surface area contributed by atoms with Crippen molar-refractivity contribution in [1.29, 1.82) is 0 Å². The van der Waals surface area contributed by atoms with Crippen molar-refractivity contribution in [2.24, 2.45) is 0 Å². The third kappa shape index (κ3) is 3.47. The van der Waals surface area contributed by atoms with Crippen molar-refractivity contribution in [3.05, 3.63) is 27.7 Å². The predicted octanol–water partition coefficient (Wildman–Crippen LogP) is 1.66. The zero-order chi connectivity index (χ0) is 14.0. The standard InChI is InChI=1S/C11H12BrClN2O3S/c12-8-6-7(3-4-9(8)13)19(17,18)15-10-2-1-5-14-11(10)16/h3-4,6,10,15H,1-2,5H2,(H,14,16). The minimum atomic E-state index is -3.73. The van der Waals surface area contributed by atoms with Gasteiger partial charge in [-0.3, -0.25) is 4.79 Å². The molecule has 19 heavy (non-hydrogen) atoms. The Morgan fingerprint density at radius 3 is 2.79 bits per heavy atom. The van der Waals surface area contributed by atoms with Crippen molar-refractivity contribution in [2.45, 2.75) is 23.8 Å². The van der Waals surface area contributed by atoms with Gasteiger partial charge in [-0.05, 0) is 47.0 Å². The van der Waals surface area contributed by atoms with Crippen LogP contribution in [0.1, 0.15) is 12.8 Å². The van der Waals surface area contributed by atoms with Gasteiger partial charge >= 0.3 is 0 Å². The Morgan fingerprint density at radius 1 is 1.42 bits per heavy atom. The molecule has 2 N–H and O–H groups in total. The first-order valence-electron chi connectivity index (χ1n) is 5.65. The molecule has 8 heteroatoms. The molecule has 2 rings (SSSR count). The average molecular weight is 368 g/mol. The number of benzene rings is 1.